The predicted octanol–water partition coefficient (Wildman–Crippen LogP) is 2.75. The lowest BCUT2D eigenvalue weighted by Gasteiger charge is -2.35. The van der Waals surface area contributed by atoms with E-state index in [0.29, 0.717) is 35.1 Å². The standard InChI is InChI=1S/C20H25F2N5O2/c1-10(2)27-16(18-13-6-26(7-14(13)18)12-8-28-9-12)4-15(25-27)11-3-17(29-20(21)22)19(23)24-5-11/h3-5,10,12-14,18,20H,6-9H2,1-2H3,(H2,23,24). The van der Waals surface area contributed by atoms with Gasteiger partial charge in [0.05, 0.1) is 24.9 Å². The SMILES string of the molecule is CC(C)n1nc(-c2cnc(N)c(OC(F)F)c2)cc1C1C2CN(C3COC3)CC21. The number of alkyl halides is 2. The van der Waals surface area contributed by atoms with Crippen LogP contribution in [0.5, 0.6) is 5.75 Å². The first-order valence-corrected chi connectivity index (χ1v) is 10.0. The summed E-state index contributed by atoms with van der Waals surface area (Å²) in [6.45, 7) is 5.17. The third-order valence-corrected chi connectivity index (χ3v) is 6.35. The molecule has 9 heteroatoms. The molecule has 29 heavy (non-hydrogen) atoms. The van der Waals surface area contributed by atoms with Gasteiger partial charge in [-0.05, 0) is 37.8 Å². The van der Waals surface area contributed by atoms with Gasteiger partial charge in [-0.1, -0.05) is 0 Å². The molecule has 3 fully saturated rings. The van der Waals surface area contributed by atoms with E-state index in [0.717, 1.165) is 26.3 Å². The van der Waals surface area contributed by atoms with Crippen LogP contribution in [0.4, 0.5) is 14.6 Å². The fourth-order valence-electron chi connectivity index (χ4n) is 4.73. The average molecular weight is 405 g/mol. The van der Waals surface area contributed by atoms with Gasteiger partial charge in [0.2, 0.25) is 0 Å². The van der Waals surface area contributed by atoms with E-state index in [1.165, 1.54) is 11.8 Å². The van der Waals surface area contributed by atoms with Gasteiger partial charge < -0.3 is 15.2 Å². The maximum Gasteiger partial charge on any atom is 0.387 e. The summed E-state index contributed by atoms with van der Waals surface area (Å²) in [5.74, 6) is 1.61. The number of nitrogen functional groups attached to an aromatic ring is 1. The van der Waals surface area contributed by atoms with Crippen molar-refractivity contribution >= 4 is 5.82 Å². The Morgan fingerprint density at radius 1 is 1.21 bits per heavy atom. The molecule has 2 N–H and O–H groups in total. The van der Waals surface area contributed by atoms with Crippen LogP contribution in [0, 0.1) is 11.8 Å². The summed E-state index contributed by atoms with van der Waals surface area (Å²) in [5.41, 5.74) is 8.20. The van der Waals surface area contributed by atoms with E-state index in [1.807, 2.05) is 0 Å². The van der Waals surface area contributed by atoms with E-state index in [4.69, 9.17) is 15.6 Å². The van der Waals surface area contributed by atoms with Crippen molar-refractivity contribution in [2.75, 3.05) is 32.0 Å². The number of nitrogens with zero attached hydrogens (tertiary/aromatic N) is 4. The van der Waals surface area contributed by atoms with Gasteiger partial charge in [0.25, 0.3) is 0 Å². The van der Waals surface area contributed by atoms with E-state index < -0.39 is 6.61 Å². The Bertz CT molecular complexity index is 902. The van der Waals surface area contributed by atoms with Crippen LogP contribution in [0.25, 0.3) is 11.3 Å². The molecule has 1 saturated carbocycles. The second kappa shape index (κ2) is 6.91. The highest BCUT2D eigenvalue weighted by molar-refractivity contribution is 5.64. The first-order chi connectivity index (χ1) is 13.9. The zero-order valence-electron chi connectivity index (χ0n) is 16.5. The van der Waals surface area contributed by atoms with Crippen molar-refractivity contribution in [1.29, 1.82) is 0 Å². The van der Waals surface area contributed by atoms with Crippen LogP contribution in [-0.4, -0.2) is 58.6 Å². The van der Waals surface area contributed by atoms with E-state index in [2.05, 4.69) is 39.2 Å². The van der Waals surface area contributed by atoms with Gasteiger partial charge in [0, 0.05) is 42.5 Å². The van der Waals surface area contributed by atoms with Gasteiger partial charge in [-0.3, -0.25) is 9.58 Å². The van der Waals surface area contributed by atoms with Crippen LogP contribution in [0.3, 0.4) is 0 Å². The number of hydrogen-bond acceptors (Lipinski definition) is 6. The van der Waals surface area contributed by atoms with E-state index in [9.17, 15) is 8.78 Å². The fraction of sp³-hybridized carbons (Fsp3) is 0.600. The molecule has 2 unspecified atom stereocenters. The summed E-state index contributed by atoms with van der Waals surface area (Å²) < 4.78 is 37.1. The highest BCUT2D eigenvalue weighted by Crippen LogP contribution is 2.59. The number of nitrogens with two attached hydrogens (primary N) is 1. The minimum Gasteiger partial charge on any atom is -0.431 e. The Labute approximate surface area is 167 Å². The maximum atomic E-state index is 12.6. The molecule has 4 heterocycles. The molecule has 2 aliphatic heterocycles. The zero-order valence-corrected chi connectivity index (χ0v) is 16.5. The maximum absolute atomic E-state index is 12.6. The number of halogens is 2. The Morgan fingerprint density at radius 2 is 1.93 bits per heavy atom. The number of hydrogen-bond donors (Lipinski definition) is 1. The van der Waals surface area contributed by atoms with Gasteiger partial charge in [-0.15, -0.1) is 0 Å². The largest absolute Gasteiger partial charge is 0.431 e. The second-order valence-corrected chi connectivity index (χ2v) is 8.48. The topological polar surface area (TPSA) is 78.4 Å². The molecule has 2 aromatic heterocycles. The smallest absolute Gasteiger partial charge is 0.387 e. The zero-order chi connectivity index (χ0) is 20.3. The molecule has 3 aliphatic rings. The highest BCUT2D eigenvalue weighted by Gasteiger charge is 2.58. The van der Waals surface area contributed by atoms with Gasteiger partial charge in [0.15, 0.2) is 11.6 Å². The Balaban J connectivity index is 1.40. The molecule has 2 atom stereocenters. The van der Waals surface area contributed by atoms with Crippen molar-refractivity contribution in [3.8, 4) is 17.0 Å². The summed E-state index contributed by atoms with van der Waals surface area (Å²) in [7, 11) is 0. The van der Waals surface area contributed by atoms with Gasteiger partial charge >= 0.3 is 6.61 Å². The summed E-state index contributed by atoms with van der Waals surface area (Å²) in [6, 6.07) is 4.34. The molecule has 0 bridgehead atoms. The first-order valence-electron chi connectivity index (χ1n) is 10.0. The van der Waals surface area contributed by atoms with Crippen LogP contribution >= 0.6 is 0 Å². The van der Waals surface area contributed by atoms with Crippen molar-refractivity contribution in [2.24, 2.45) is 11.8 Å². The molecule has 2 aromatic rings. The molecular weight excluding hydrogens is 380 g/mol. The molecular formula is C20H25F2N5O2. The molecule has 0 spiro atoms. The monoisotopic (exact) mass is 405 g/mol. The molecule has 7 nitrogen and oxygen atoms in total. The quantitative estimate of drug-likeness (QED) is 0.796. The minimum absolute atomic E-state index is 0.0608. The second-order valence-electron chi connectivity index (χ2n) is 8.48. The molecule has 0 aromatic carbocycles. The van der Waals surface area contributed by atoms with Gasteiger partial charge in [-0.2, -0.15) is 13.9 Å². The number of likely N-dealkylation sites (tertiary alicyclic amines) is 1. The number of rotatable bonds is 6. The molecule has 156 valence electrons. The molecule has 5 rings (SSSR count). The highest BCUT2D eigenvalue weighted by atomic mass is 19.3. The van der Waals surface area contributed by atoms with Crippen LogP contribution in [-0.2, 0) is 4.74 Å². The van der Waals surface area contributed by atoms with Gasteiger partial charge in [-0.25, -0.2) is 4.98 Å². The first kappa shape index (κ1) is 18.7. The Hall–Kier alpha value is -2.26. The lowest BCUT2D eigenvalue weighted by molar-refractivity contribution is -0.0610. The number of ether oxygens (including phenoxy) is 2. The van der Waals surface area contributed by atoms with E-state index in [-0.39, 0.29) is 17.6 Å². The van der Waals surface area contributed by atoms with Crippen LogP contribution in [0.15, 0.2) is 18.3 Å². The summed E-state index contributed by atoms with van der Waals surface area (Å²) in [4.78, 5) is 6.55. The predicted molar refractivity (Wildman–Crippen MR) is 103 cm³/mol. The number of piperidine rings is 1. The minimum atomic E-state index is -2.95. The Morgan fingerprint density at radius 3 is 2.52 bits per heavy atom. The van der Waals surface area contributed by atoms with Crippen molar-refractivity contribution in [2.45, 2.75) is 38.5 Å². The summed E-state index contributed by atoms with van der Waals surface area (Å²) in [6.07, 6.45) is 1.55. The van der Waals surface area contributed by atoms with Crippen LogP contribution < -0.4 is 10.5 Å². The number of anilines is 1. The summed E-state index contributed by atoms with van der Waals surface area (Å²) in [5, 5.41) is 4.76. The fourth-order valence-corrected chi connectivity index (χ4v) is 4.73. The van der Waals surface area contributed by atoms with E-state index >= 15 is 0 Å². The number of aromatic nitrogens is 3. The molecule has 2 saturated heterocycles. The van der Waals surface area contributed by atoms with Crippen molar-refractivity contribution in [3.63, 3.8) is 0 Å². The molecule has 0 amide bonds. The number of fused-ring (bicyclic) bond motifs is 1. The van der Waals surface area contributed by atoms with Crippen LogP contribution in [0.1, 0.15) is 31.5 Å². The molecule has 1 aliphatic carbocycles. The Kier molecular flexibility index (Phi) is 4.47. The molecule has 0 radical (unpaired) electrons. The van der Waals surface area contributed by atoms with Crippen molar-refractivity contribution in [3.05, 3.63) is 24.0 Å². The lowest BCUT2D eigenvalue weighted by Crippen LogP contribution is -2.48. The summed E-state index contributed by atoms with van der Waals surface area (Å²) >= 11 is 0. The number of pyridine rings is 1. The van der Waals surface area contributed by atoms with Crippen LogP contribution in [0.2, 0.25) is 0 Å². The third kappa shape index (κ3) is 3.26. The van der Waals surface area contributed by atoms with Gasteiger partial charge in [0.1, 0.15) is 0 Å². The normalized spacial score (nSPS) is 26.8. The lowest BCUT2D eigenvalue weighted by atomic mass is 10.1. The van der Waals surface area contributed by atoms with Crippen molar-refractivity contribution in [1.82, 2.24) is 19.7 Å². The van der Waals surface area contributed by atoms with Crippen molar-refractivity contribution < 1.29 is 18.3 Å². The van der Waals surface area contributed by atoms with E-state index in [1.54, 1.807) is 6.20 Å². The average Bonchev–Trinajstić information content (AvgIpc) is 2.96. The third-order valence-electron chi connectivity index (χ3n) is 6.35.